The van der Waals surface area contributed by atoms with Crippen LogP contribution in [0.5, 0.6) is 0 Å². The van der Waals surface area contributed by atoms with Crippen molar-refractivity contribution in [3.63, 3.8) is 0 Å². The summed E-state index contributed by atoms with van der Waals surface area (Å²) >= 11 is 1.37. The summed E-state index contributed by atoms with van der Waals surface area (Å²) in [5, 5.41) is 10.5. The Bertz CT molecular complexity index is 382. The van der Waals surface area contributed by atoms with Gasteiger partial charge in [-0.3, -0.25) is 0 Å². The Hall–Kier alpha value is -1.01. The van der Waals surface area contributed by atoms with Crippen LogP contribution in [0.1, 0.15) is 37.0 Å². The van der Waals surface area contributed by atoms with Crippen molar-refractivity contribution in [1.82, 2.24) is 9.97 Å². The molecule has 0 saturated heterocycles. The Balaban J connectivity index is 3.15. The number of aliphatic hydroxyl groups is 1. The number of hydrogen-bond acceptors (Lipinski definition) is 5. The van der Waals surface area contributed by atoms with Gasteiger partial charge in [0.15, 0.2) is 10.9 Å². The first-order valence-corrected chi connectivity index (χ1v) is 6.16. The lowest BCUT2D eigenvalue weighted by Gasteiger charge is -2.15. The number of imidazole rings is 1. The zero-order valence-corrected chi connectivity index (χ0v) is 10.6. The zero-order chi connectivity index (χ0) is 12.3. The van der Waals surface area contributed by atoms with Crippen LogP contribution in [0.25, 0.3) is 0 Å². The molecule has 0 spiro atoms. The molecule has 0 fully saturated rings. The molecule has 0 amide bonds. The topological polar surface area (TPSA) is 75.2 Å². The normalized spacial score (nSPS) is 11.6. The zero-order valence-electron chi connectivity index (χ0n) is 9.83. The minimum atomic E-state index is -1.17. The third kappa shape index (κ3) is 2.76. The minimum Gasteiger partial charge on any atom is -0.461 e. The predicted molar refractivity (Wildman–Crippen MR) is 61.6 cm³/mol. The van der Waals surface area contributed by atoms with Crippen LogP contribution in [-0.2, 0) is 10.3 Å². The number of carbonyl (C=O) groups excluding carboxylic acids is 1. The average Bonchev–Trinajstić information content (AvgIpc) is 2.61. The van der Waals surface area contributed by atoms with E-state index in [1.807, 2.05) is 6.26 Å². The molecule has 90 valence electrons. The number of rotatable bonds is 4. The summed E-state index contributed by atoms with van der Waals surface area (Å²) in [6.45, 7) is 5.18. The third-order valence-corrected chi connectivity index (χ3v) is 2.51. The highest BCUT2D eigenvalue weighted by Gasteiger charge is 2.28. The van der Waals surface area contributed by atoms with Gasteiger partial charge in [-0.25, -0.2) is 9.78 Å². The van der Waals surface area contributed by atoms with Crippen LogP contribution in [0.15, 0.2) is 5.16 Å². The second-order valence-corrected chi connectivity index (χ2v) is 4.54. The fourth-order valence-electron chi connectivity index (χ4n) is 1.24. The highest BCUT2D eigenvalue weighted by atomic mass is 32.2. The molecule has 0 radical (unpaired) electrons. The molecule has 1 heterocycles. The van der Waals surface area contributed by atoms with Gasteiger partial charge in [0, 0.05) is 0 Å². The summed E-state index contributed by atoms with van der Waals surface area (Å²) in [7, 11) is 0. The summed E-state index contributed by atoms with van der Waals surface area (Å²) in [5.74, 6) is -0.493. The highest BCUT2D eigenvalue weighted by molar-refractivity contribution is 7.98. The van der Waals surface area contributed by atoms with Gasteiger partial charge in [0.05, 0.1) is 6.61 Å². The van der Waals surface area contributed by atoms with E-state index in [1.54, 1.807) is 20.8 Å². The van der Waals surface area contributed by atoms with Gasteiger partial charge in [0.1, 0.15) is 11.3 Å². The molecule has 6 heteroatoms. The molecular weight excluding hydrogens is 228 g/mol. The first-order chi connectivity index (χ1) is 7.40. The van der Waals surface area contributed by atoms with Crippen LogP contribution in [-0.4, -0.2) is 33.9 Å². The Kier molecular flexibility index (Phi) is 3.98. The number of nitrogens with one attached hydrogen (secondary N) is 1. The van der Waals surface area contributed by atoms with E-state index < -0.39 is 11.6 Å². The Morgan fingerprint density at radius 1 is 1.62 bits per heavy atom. The quantitative estimate of drug-likeness (QED) is 0.620. The van der Waals surface area contributed by atoms with E-state index >= 15 is 0 Å². The number of hydrogen-bond donors (Lipinski definition) is 2. The molecule has 1 rings (SSSR count). The molecule has 0 aliphatic heterocycles. The first kappa shape index (κ1) is 13.1. The van der Waals surface area contributed by atoms with Crippen LogP contribution in [0.4, 0.5) is 0 Å². The molecule has 0 bridgehead atoms. The van der Waals surface area contributed by atoms with E-state index in [2.05, 4.69) is 9.97 Å². The maximum absolute atomic E-state index is 11.6. The molecule has 2 N–H and O–H groups in total. The van der Waals surface area contributed by atoms with Gasteiger partial charge >= 0.3 is 5.97 Å². The monoisotopic (exact) mass is 244 g/mol. The second-order valence-electron chi connectivity index (χ2n) is 3.75. The number of esters is 1. The van der Waals surface area contributed by atoms with Gasteiger partial charge in [-0.15, -0.1) is 0 Å². The summed E-state index contributed by atoms with van der Waals surface area (Å²) in [6, 6.07) is 0. The van der Waals surface area contributed by atoms with Crippen molar-refractivity contribution in [2.45, 2.75) is 31.5 Å². The smallest absolute Gasteiger partial charge is 0.356 e. The van der Waals surface area contributed by atoms with E-state index in [-0.39, 0.29) is 12.3 Å². The van der Waals surface area contributed by atoms with Crippen LogP contribution in [0, 0.1) is 0 Å². The Morgan fingerprint density at radius 3 is 2.69 bits per heavy atom. The molecule has 16 heavy (non-hydrogen) atoms. The van der Waals surface area contributed by atoms with Crippen molar-refractivity contribution >= 4 is 17.7 Å². The van der Waals surface area contributed by atoms with E-state index in [0.717, 1.165) is 0 Å². The molecule has 0 atom stereocenters. The lowest BCUT2D eigenvalue weighted by Crippen LogP contribution is -2.21. The molecular formula is C10H16N2O3S. The largest absolute Gasteiger partial charge is 0.461 e. The molecule has 1 aromatic heterocycles. The molecule has 5 nitrogen and oxygen atoms in total. The van der Waals surface area contributed by atoms with Crippen molar-refractivity contribution in [3.8, 4) is 0 Å². The van der Waals surface area contributed by atoms with Crippen molar-refractivity contribution in [2.24, 2.45) is 0 Å². The van der Waals surface area contributed by atoms with E-state index in [4.69, 9.17) is 4.74 Å². The standard InChI is InChI=1S/C10H16N2O3S/c1-5-15-8(13)6-7(10(2,3)14)12-9(11-6)16-4/h14H,5H2,1-4H3,(H,11,12). The van der Waals surface area contributed by atoms with Crippen LogP contribution in [0.2, 0.25) is 0 Å². The van der Waals surface area contributed by atoms with Gasteiger partial charge in [0.25, 0.3) is 0 Å². The molecule has 0 aromatic carbocycles. The highest BCUT2D eigenvalue weighted by Crippen LogP contribution is 2.25. The fraction of sp³-hybridized carbons (Fsp3) is 0.600. The number of aromatic amines is 1. The lowest BCUT2D eigenvalue weighted by molar-refractivity contribution is 0.0476. The summed E-state index contributed by atoms with van der Waals surface area (Å²) in [6.07, 6.45) is 1.84. The van der Waals surface area contributed by atoms with E-state index in [1.165, 1.54) is 11.8 Å². The van der Waals surface area contributed by atoms with Crippen LogP contribution in [0.3, 0.4) is 0 Å². The molecule has 0 aliphatic carbocycles. The van der Waals surface area contributed by atoms with Gasteiger partial charge < -0.3 is 14.8 Å². The molecule has 0 saturated carbocycles. The third-order valence-electron chi connectivity index (χ3n) is 1.93. The summed E-state index contributed by atoms with van der Waals surface area (Å²) < 4.78 is 4.89. The number of nitrogens with zero attached hydrogens (tertiary/aromatic N) is 1. The maximum atomic E-state index is 11.6. The Morgan fingerprint density at radius 2 is 2.25 bits per heavy atom. The molecule has 1 aromatic rings. The maximum Gasteiger partial charge on any atom is 0.356 e. The number of thioether (sulfide) groups is 1. The van der Waals surface area contributed by atoms with Gasteiger partial charge in [-0.2, -0.15) is 0 Å². The van der Waals surface area contributed by atoms with Crippen molar-refractivity contribution in [1.29, 1.82) is 0 Å². The number of carbonyl (C=O) groups is 1. The van der Waals surface area contributed by atoms with E-state index in [9.17, 15) is 9.90 Å². The SMILES string of the molecule is CCOC(=O)c1[nH]c(SC)nc1C(C)(C)O. The molecule has 0 aliphatic rings. The number of H-pyrrole nitrogens is 1. The van der Waals surface area contributed by atoms with Gasteiger partial charge in [-0.05, 0) is 27.0 Å². The Labute approximate surface area is 98.6 Å². The minimum absolute atomic E-state index is 0.221. The van der Waals surface area contributed by atoms with Crippen LogP contribution >= 0.6 is 11.8 Å². The van der Waals surface area contributed by atoms with Gasteiger partial charge in [0.2, 0.25) is 0 Å². The van der Waals surface area contributed by atoms with E-state index in [0.29, 0.717) is 10.9 Å². The van der Waals surface area contributed by atoms with Crippen molar-refractivity contribution in [2.75, 3.05) is 12.9 Å². The lowest BCUT2D eigenvalue weighted by atomic mass is 10.0. The van der Waals surface area contributed by atoms with Crippen LogP contribution < -0.4 is 0 Å². The average molecular weight is 244 g/mol. The summed E-state index contributed by atoms with van der Waals surface area (Å²) in [5.41, 5.74) is -0.638. The fourth-order valence-corrected chi connectivity index (χ4v) is 1.63. The summed E-state index contributed by atoms with van der Waals surface area (Å²) in [4.78, 5) is 18.6. The number of ether oxygens (including phenoxy) is 1. The van der Waals surface area contributed by atoms with Crippen molar-refractivity contribution < 1.29 is 14.6 Å². The van der Waals surface area contributed by atoms with Crippen molar-refractivity contribution in [3.05, 3.63) is 11.4 Å². The van der Waals surface area contributed by atoms with Gasteiger partial charge in [-0.1, -0.05) is 11.8 Å². The number of aromatic nitrogens is 2. The predicted octanol–water partition coefficient (Wildman–Crippen LogP) is 1.54. The molecule has 0 unspecified atom stereocenters. The second kappa shape index (κ2) is 4.88. The first-order valence-electron chi connectivity index (χ1n) is 4.94.